The highest BCUT2D eigenvalue weighted by Crippen LogP contribution is 2.29. The van der Waals surface area contributed by atoms with E-state index in [-0.39, 0.29) is 24.3 Å². The second-order valence-corrected chi connectivity index (χ2v) is 6.63. The molecule has 7 heteroatoms. The van der Waals surface area contributed by atoms with Gasteiger partial charge in [0.15, 0.2) is 0 Å². The van der Waals surface area contributed by atoms with E-state index >= 15 is 0 Å². The average molecular weight is 361 g/mol. The SMILES string of the molecule is CCCc1cc(C(=O)N[C@@H]2CC(=O)N(c3ccccc3Cl)C2)n(C)n1. The Morgan fingerprint density at radius 3 is 2.88 bits per heavy atom. The van der Waals surface area contributed by atoms with Crippen LogP contribution in [0.2, 0.25) is 5.02 Å². The summed E-state index contributed by atoms with van der Waals surface area (Å²) in [6, 6.07) is 8.78. The summed E-state index contributed by atoms with van der Waals surface area (Å²) in [6.07, 6.45) is 2.07. The molecule has 2 amide bonds. The van der Waals surface area contributed by atoms with Crippen molar-refractivity contribution in [3.05, 3.63) is 46.7 Å². The number of aryl methyl sites for hydroxylation is 2. The molecule has 0 spiro atoms. The third-order valence-electron chi connectivity index (χ3n) is 4.27. The second kappa shape index (κ2) is 7.27. The van der Waals surface area contributed by atoms with Crippen LogP contribution in [0.25, 0.3) is 0 Å². The van der Waals surface area contributed by atoms with Crippen LogP contribution in [0.15, 0.2) is 30.3 Å². The smallest absolute Gasteiger partial charge is 0.269 e. The van der Waals surface area contributed by atoms with Crippen molar-refractivity contribution in [2.24, 2.45) is 7.05 Å². The highest BCUT2D eigenvalue weighted by Gasteiger charge is 2.33. The van der Waals surface area contributed by atoms with Crippen LogP contribution in [0, 0.1) is 0 Å². The number of benzene rings is 1. The Morgan fingerprint density at radius 2 is 2.16 bits per heavy atom. The van der Waals surface area contributed by atoms with Gasteiger partial charge in [0.05, 0.1) is 22.4 Å². The fourth-order valence-corrected chi connectivity index (χ4v) is 3.32. The highest BCUT2D eigenvalue weighted by molar-refractivity contribution is 6.33. The van der Waals surface area contributed by atoms with Crippen molar-refractivity contribution < 1.29 is 9.59 Å². The fourth-order valence-electron chi connectivity index (χ4n) is 3.08. The monoisotopic (exact) mass is 360 g/mol. The first kappa shape index (κ1) is 17.5. The quantitative estimate of drug-likeness (QED) is 0.891. The van der Waals surface area contributed by atoms with Gasteiger partial charge in [0.2, 0.25) is 5.91 Å². The zero-order valence-corrected chi connectivity index (χ0v) is 15.1. The molecule has 1 aliphatic heterocycles. The van der Waals surface area contributed by atoms with Gasteiger partial charge in [0.25, 0.3) is 5.91 Å². The van der Waals surface area contributed by atoms with Crippen molar-refractivity contribution in [3.63, 3.8) is 0 Å². The van der Waals surface area contributed by atoms with Gasteiger partial charge in [-0.2, -0.15) is 5.10 Å². The number of hydrogen-bond acceptors (Lipinski definition) is 3. The van der Waals surface area contributed by atoms with Gasteiger partial charge < -0.3 is 10.2 Å². The van der Waals surface area contributed by atoms with Crippen LogP contribution in [0.4, 0.5) is 5.69 Å². The normalized spacial score (nSPS) is 17.2. The predicted octanol–water partition coefficient (Wildman–Crippen LogP) is 2.56. The minimum atomic E-state index is -0.249. The van der Waals surface area contributed by atoms with E-state index in [0.29, 0.717) is 22.9 Å². The largest absolute Gasteiger partial charge is 0.346 e. The molecule has 1 aromatic heterocycles. The van der Waals surface area contributed by atoms with Crippen LogP contribution in [-0.2, 0) is 18.3 Å². The lowest BCUT2D eigenvalue weighted by Crippen LogP contribution is -2.38. The zero-order valence-electron chi connectivity index (χ0n) is 14.3. The molecule has 25 heavy (non-hydrogen) atoms. The van der Waals surface area contributed by atoms with E-state index in [1.165, 1.54) is 0 Å². The molecule has 0 unspecified atom stereocenters. The molecule has 3 rings (SSSR count). The zero-order chi connectivity index (χ0) is 18.0. The molecule has 6 nitrogen and oxygen atoms in total. The minimum Gasteiger partial charge on any atom is -0.346 e. The van der Waals surface area contributed by atoms with Gasteiger partial charge in [-0.05, 0) is 24.6 Å². The van der Waals surface area contributed by atoms with E-state index in [9.17, 15) is 9.59 Å². The van der Waals surface area contributed by atoms with Crippen LogP contribution in [-0.4, -0.2) is 34.2 Å². The van der Waals surface area contributed by atoms with Gasteiger partial charge in [0, 0.05) is 20.0 Å². The Morgan fingerprint density at radius 1 is 1.40 bits per heavy atom. The molecule has 1 fully saturated rings. The van der Waals surface area contributed by atoms with Crippen LogP contribution in [0.5, 0.6) is 0 Å². The van der Waals surface area contributed by atoms with E-state index in [4.69, 9.17) is 11.6 Å². The molecule has 1 aliphatic rings. The summed E-state index contributed by atoms with van der Waals surface area (Å²) in [6.45, 7) is 2.48. The number of halogens is 1. The number of amides is 2. The van der Waals surface area contributed by atoms with Crippen molar-refractivity contribution in [2.45, 2.75) is 32.2 Å². The van der Waals surface area contributed by atoms with Crippen molar-refractivity contribution in [2.75, 3.05) is 11.4 Å². The van der Waals surface area contributed by atoms with Crippen molar-refractivity contribution in [1.29, 1.82) is 0 Å². The van der Waals surface area contributed by atoms with E-state index in [1.807, 2.05) is 18.2 Å². The summed E-state index contributed by atoms with van der Waals surface area (Å²) in [7, 11) is 1.75. The molecule has 2 aromatic rings. The topological polar surface area (TPSA) is 67.2 Å². The number of carbonyl (C=O) groups excluding carboxylic acids is 2. The molecule has 132 valence electrons. The summed E-state index contributed by atoms with van der Waals surface area (Å²) >= 11 is 6.18. The Bertz CT molecular complexity index is 802. The van der Waals surface area contributed by atoms with Crippen molar-refractivity contribution in [3.8, 4) is 0 Å². The Balaban J connectivity index is 1.69. The molecule has 1 aromatic carbocycles. The summed E-state index contributed by atoms with van der Waals surface area (Å²) in [4.78, 5) is 26.5. The molecule has 1 saturated heterocycles. The Kier molecular flexibility index (Phi) is 5.08. The summed E-state index contributed by atoms with van der Waals surface area (Å²) < 4.78 is 1.59. The summed E-state index contributed by atoms with van der Waals surface area (Å²) in [5.74, 6) is -0.258. The van der Waals surface area contributed by atoms with Gasteiger partial charge in [-0.25, -0.2) is 0 Å². The van der Waals surface area contributed by atoms with Gasteiger partial charge in [-0.15, -0.1) is 0 Å². The number of anilines is 1. The number of hydrogen-bond donors (Lipinski definition) is 1. The third kappa shape index (κ3) is 3.69. The molecular weight excluding hydrogens is 340 g/mol. The molecule has 0 bridgehead atoms. The van der Waals surface area contributed by atoms with Gasteiger partial charge >= 0.3 is 0 Å². The van der Waals surface area contributed by atoms with Gasteiger partial charge in [-0.3, -0.25) is 14.3 Å². The van der Waals surface area contributed by atoms with E-state index < -0.39 is 0 Å². The second-order valence-electron chi connectivity index (χ2n) is 6.22. The molecule has 0 saturated carbocycles. The van der Waals surface area contributed by atoms with Crippen LogP contribution in [0.3, 0.4) is 0 Å². The van der Waals surface area contributed by atoms with E-state index in [2.05, 4.69) is 17.3 Å². The minimum absolute atomic E-state index is 0.0462. The number of carbonyl (C=O) groups is 2. The lowest BCUT2D eigenvalue weighted by atomic mass is 10.2. The van der Waals surface area contributed by atoms with Crippen molar-refractivity contribution in [1.82, 2.24) is 15.1 Å². The predicted molar refractivity (Wildman–Crippen MR) is 96.9 cm³/mol. The maximum atomic E-state index is 12.5. The first-order chi connectivity index (χ1) is 12.0. The Labute approximate surface area is 151 Å². The lowest BCUT2D eigenvalue weighted by Gasteiger charge is -2.18. The molecular formula is C18H21ClN4O2. The van der Waals surface area contributed by atoms with Crippen LogP contribution in [0.1, 0.15) is 35.9 Å². The maximum Gasteiger partial charge on any atom is 0.269 e. The maximum absolute atomic E-state index is 12.5. The van der Waals surface area contributed by atoms with Crippen LogP contribution < -0.4 is 10.2 Å². The Hall–Kier alpha value is -2.34. The first-order valence-corrected chi connectivity index (χ1v) is 8.76. The number of nitrogens with zero attached hydrogens (tertiary/aromatic N) is 3. The van der Waals surface area contributed by atoms with Crippen molar-refractivity contribution >= 4 is 29.1 Å². The van der Waals surface area contributed by atoms with E-state index in [1.54, 1.807) is 28.8 Å². The number of para-hydroxylation sites is 1. The number of rotatable bonds is 5. The summed E-state index contributed by atoms with van der Waals surface area (Å²) in [5.41, 5.74) is 2.08. The molecule has 1 atom stereocenters. The van der Waals surface area contributed by atoms with Gasteiger partial charge in [0.1, 0.15) is 5.69 Å². The fraction of sp³-hybridized carbons (Fsp3) is 0.389. The molecule has 2 heterocycles. The molecule has 0 aliphatic carbocycles. The molecule has 0 radical (unpaired) electrons. The van der Waals surface area contributed by atoms with Gasteiger partial charge in [-0.1, -0.05) is 37.1 Å². The first-order valence-electron chi connectivity index (χ1n) is 8.38. The molecule has 1 N–H and O–H groups in total. The lowest BCUT2D eigenvalue weighted by molar-refractivity contribution is -0.117. The number of aromatic nitrogens is 2. The third-order valence-corrected chi connectivity index (χ3v) is 4.59. The van der Waals surface area contributed by atoms with Crippen LogP contribution >= 0.6 is 11.6 Å². The highest BCUT2D eigenvalue weighted by atomic mass is 35.5. The standard InChI is InChI=1S/C18H21ClN4O2/c1-3-6-12-9-16(22(2)21-12)18(25)20-13-10-17(24)23(11-13)15-8-5-4-7-14(15)19/h4-5,7-9,13H,3,6,10-11H2,1-2H3,(H,20,25)/t13-/m1/s1. The summed E-state index contributed by atoms with van der Waals surface area (Å²) in [5, 5.41) is 7.81. The average Bonchev–Trinajstić information content (AvgIpc) is 3.11. The van der Waals surface area contributed by atoms with E-state index in [0.717, 1.165) is 18.5 Å². The number of nitrogens with one attached hydrogen (secondary N) is 1.